The first-order valence-electron chi connectivity index (χ1n) is 7.41. The summed E-state index contributed by atoms with van der Waals surface area (Å²) in [6.07, 6.45) is 8.13. The Hall–Kier alpha value is -1.00. The average molecular weight is 261 g/mol. The maximum Gasteiger partial charge on any atom is 0.131 e. The van der Waals surface area contributed by atoms with E-state index >= 15 is 0 Å². The average Bonchev–Trinajstić information content (AvgIpc) is 3.27. The number of hydrogen-bond acceptors (Lipinski definition) is 4. The Morgan fingerprint density at radius 1 is 1.37 bits per heavy atom. The van der Waals surface area contributed by atoms with Gasteiger partial charge in [0.05, 0.1) is 6.61 Å². The number of methoxy groups -OCH3 is 1. The molecular weight excluding hydrogens is 238 g/mol. The quantitative estimate of drug-likeness (QED) is 0.792. The molecule has 0 saturated heterocycles. The lowest BCUT2D eigenvalue weighted by molar-refractivity contribution is 0.197. The van der Waals surface area contributed by atoms with E-state index in [2.05, 4.69) is 16.5 Å². The molecule has 1 unspecified atom stereocenters. The predicted molar refractivity (Wildman–Crippen MR) is 74.3 cm³/mol. The SMILES string of the molecule is COCCNCC1CCc2nc(C3CC3)ncc2C1. The van der Waals surface area contributed by atoms with E-state index in [0.29, 0.717) is 5.92 Å². The van der Waals surface area contributed by atoms with E-state index in [0.717, 1.165) is 44.3 Å². The van der Waals surface area contributed by atoms with Gasteiger partial charge < -0.3 is 10.1 Å². The number of aryl methyl sites for hydroxylation is 1. The Morgan fingerprint density at radius 2 is 2.26 bits per heavy atom. The summed E-state index contributed by atoms with van der Waals surface area (Å²) in [7, 11) is 1.74. The van der Waals surface area contributed by atoms with E-state index in [1.807, 2.05) is 0 Å². The molecule has 1 aromatic heterocycles. The van der Waals surface area contributed by atoms with Crippen LogP contribution in [0.4, 0.5) is 0 Å². The third kappa shape index (κ3) is 3.31. The number of rotatable bonds is 6. The van der Waals surface area contributed by atoms with Crippen LogP contribution in [0.5, 0.6) is 0 Å². The molecule has 2 aliphatic carbocycles. The topological polar surface area (TPSA) is 47.0 Å². The van der Waals surface area contributed by atoms with Gasteiger partial charge in [-0.15, -0.1) is 0 Å². The summed E-state index contributed by atoms with van der Waals surface area (Å²) < 4.78 is 5.05. The minimum atomic E-state index is 0.665. The van der Waals surface area contributed by atoms with Gasteiger partial charge in [-0.25, -0.2) is 9.97 Å². The first kappa shape index (κ1) is 13.0. The van der Waals surface area contributed by atoms with E-state index in [1.54, 1.807) is 7.11 Å². The molecule has 4 nitrogen and oxygen atoms in total. The molecule has 1 heterocycles. The molecule has 1 atom stereocenters. The normalized spacial score (nSPS) is 22.3. The lowest BCUT2D eigenvalue weighted by atomic mass is 9.87. The number of hydrogen-bond donors (Lipinski definition) is 1. The Kier molecular flexibility index (Phi) is 4.09. The van der Waals surface area contributed by atoms with Crippen molar-refractivity contribution >= 4 is 0 Å². The van der Waals surface area contributed by atoms with Crippen molar-refractivity contribution < 1.29 is 4.74 Å². The summed E-state index contributed by atoms with van der Waals surface area (Å²) in [5.74, 6) is 2.48. The van der Waals surface area contributed by atoms with E-state index < -0.39 is 0 Å². The van der Waals surface area contributed by atoms with E-state index in [1.165, 1.54) is 30.5 Å². The highest BCUT2D eigenvalue weighted by Gasteiger charge is 2.28. The van der Waals surface area contributed by atoms with Gasteiger partial charge in [0.1, 0.15) is 5.82 Å². The molecule has 1 fully saturated rings. The Balaban J connectivity index is 1.54. The van der Waals surface area contributed by atoms with Crippen LogP contribution in [0.3, 0.4) is 0 Å². The van der Waals surface area contributed by atoms with Crippen LogP contribution in [-0.2, 0) is 17.6 Å². The summed E-state index contributed by atoms with van der Waals surface area (Å²) in [5, 5.41) is 3.46. The van der Waals surface area contributed by atoms with Crippen LogP contribution in [0.1, 0.15) is 42.3 Å². The number of nitrogens with one attached hydrogen (secondary N) is 1. The van der Waals surface area contributed by atoms with Crippen molar-refractivity contribution in [1.82, 2.24) is 15.3 Å². The number of fused-ring (bicyclic) bond motifs is 1. The Labute approximate surface area is 115 Å². The minimum Gasteiger partial charge on any atom is -0.383 e. The lowest BCUT2D eigenvalue weighted by Gasteiger charge is -2.24. The predicted octanol–water partition coefficient (Wildman–Crippen LogP) is 1.69. The lowest BCUT2D eigenvalue weighted by Crippen LogP contribution is -2.30. The largest absolute Gasteiger partial charge is 0.383 e. The molecule has 0 spiro atoms. The Morgan fingerprint density at radius 3 is 3.05 bits per heavy atom. The zero-order chi connectivity index (χ0) is 13.1. The molecule has 0 bridgehead atoms. The zero-order valence-electron chi connectivity index (χ0n) is 11.7. The molecular formula is C15H23N3O. The van der Waals surface area contributed by atoms with Crippen LogP contribution in [-0.4, -0.2) is 36.8 Å². The molecule has 104 valence electrons. The Bertz CT molecular complexity index is 431. The first-order valence-corrected chi connectivity index (χ1v) is 7.41. The van der Waals surface area contributed by atoms with Crippen molar-refractivity contribution in [3.05, 3.63) is 23.3 Å². The molecule has 1 N–H and O–H groups in total. The number of aromatic nitrogens is 2. The summed E-state index contributed by atoms with van der Waals surface area (Å²) in [5.41, 5.74) is 2.68. The summed E-state index contributed by atoms with van der Waals surface area (Å²) in [4.78, 5) is 9.31. The van der Waals surface area contributed by atoms with E-state index in [4.69, 9.17) is 9.72 Å². The van der Waals surface area contributed by atoms with Crippen LogP contribution >= 0.6 is 0 Å². The highest BCUT2D eigenvalue weighted by molar-refractivity contribution is 5.23. The van der Waals surface area contributed by atoms with Crippen LogP contribution in [0.25, 0.3) is 0 Å². The third-order valence-electron chi connectivity index (χ3n) is 4.13. The molecule has 1 aromatic rings. The summed E-state index contributed by atoms with van der Waals surface area (Å²) in [6, 6.07) is 0. The van der Waals surface area contributed by atoms with Crippen LogP contribution < -0.4 is 5.32 Å². The smallest absolute Gasteiger partial charge is 0.131 e. The van der Waals surface area contributed by atoms with Crippen molar-refractivity contribution in [1.29, 1.82) is 0 Å². The zero-order valence-corrected chi connectivity index (χ0v) is 11.7. The second kappa shape index (κ2) is 5.97. The van der Waals surface area contributed by atoms with Gasteiger partial charge in [0, 0.05) is 31.5 Å². The highest BCUT2D eigenvalue weighted by Crippen LogP contribution is 2.38. The molecule has 2 aliphatic rings. The van der Waals surface area contributed by atoms with Crippen molar-refractivity contribution in [2.45, 2.75) is 38.0 Å². The van der Waals surface area contributed by atoms with Gasteiger partial charge in [0.15, 0.2) is 0 Å². The molecule has 0 amide bonds. The monoisotopic (exact) mass is 261 g/mol. The van der Waals surface area contributed by atoms with Crippen LogP contribution in [0.15, 0.2) is 6.20 Å². The van der Waals surface area contributed by atoms with Crippen molar-refractivity contribution in [2.75, 3.05) is 26.8 Å². The molecule has 1 saturated carbocycles. The van der Waals surface area contributed by atoms with Crippen LogP contribution in [0.2, 0.25) is 0 Å². The van der Waals surface area contributed by atoms with Gasteiger partial charge >= 0.3 is 0 Å². The molecule has 4 heteroatoms. The molecule has 0 aliphatic heterocycles. The molecule has 0 aromatic carbocycles. The van der Waals surface area contributed by atoms with Crippen molar-refractivity contribution in [3.63, 3.8) is 0 Å². The van der Waals surface area contributed by atoms with E-state index in [9.17, 15) is 0 Å². The minimum absolute atomic E-state index is 0.665. The second-order valence-corrected chi connectivity index (χ2v) is 5.78. The second-order valence-electron chi connectivity index (χ2n) is 5.78. The van der Waals surface area contributed by atoms with Gasteiger partial charge in [-0.1, -0.05) is 0 Å². The van der Waals surface area contributed by atoms with Crippen LogP contribution in [0, 0.1) is 5.92 Å². The first-order chi connectivity index (χ1) is 9.36. The standard InChI is InChI=1S/C15H23N3O/c1-19-7-6-16-9-11-2-5-14-13(8-11)10-17-15(18-14)12-3-4-12/h10-12,16H,2-9H2,1H3. The summed E-state index contributed by atoms with van der Waals surface area (Å²) >= 11 is 0. The summed E-state index contributed by atoms with van der Waals surface area (Å²) in [6.45, 7) is 2.81. The molecule has 0 radical (unpaired) electrons. The third-order valence-corrected chi connectivity index (χ3v) is 4.13. The highest BCUT2D eigenvalue weighted by atomic mass is 16.5. The van der Waals surface area contributed by atoms with Gasteiger partial charge in [0.25, 0.3) is 0 Å². The maximum absolute atomic E-state index is 5.05. The fourth-order valence-corrected chi connectivity index (χ4v) is 2.79. The van der Waals surface area contributed by atoms with Gasteiger partial charge in [-0.05, 0) is 50.1 Å². The number of ether oxygens (including phenoxy) is 1. The molecule has 19 heavy (non-hydrogen) atoms. The van der Waals surface area contributed by atoms with Gasteiger partial charge in [-0.3, -0.25) is 0 Å². The molecule has 3 rings (SSSR count). The maximum atomic E-state index is 5.05. The fourth-order valence-electron chi connectivity index (χ4n) is 2.79. The van der Waals surface area contributed by atoms with Crippen molar-refractivity contribution in [2.24, 2.45) is 5.92 Å². The van der Waals surface area contributed by atoms with Gasteiger partial charge in [-0.2, -0.15) is 0 Å². The van der Waals surface area contributed by atoms with E-state index in [-0.39, 0.29) is 0 Å². The number of nitrogens with zero attached hydrogens (tertiary/aromatic N) is 2. The van der Waals surface area contributed by atoms with Crippen molar-refractivity contribution in [3.8, 4) is 0 Å². The fraction of sp³-hybridized carbons (Fsp3) is 0.733. The van der Waals surface area contributed by atoms with Gasteiger partial charge in [0.2, 0.25) is 0 Å².